The number of allylic oxidation sites excluding steroid dienone is 1. The molecule has 0 saturated heterocycles. The van der Waals surface area contributed by atoms with Crippen LogP contribution in [-0.2, 0) is 4.79 Å². The number of hydrogen-bond acceptors (Lipinski definition) is 3. The third-order valence-electron chi connectivity index (χ3n) is 6.10. The lowest BCUT2D eigenvalue weighted by atomic mass is 9.66. The van der Waals surface area contributed by atoms with Crippen LogP contribution in [-0.4, -0.2) is 43.7 Å². The number of fused-ring (bicyclic) bond motifs is 3. The molecule has 0 unspecified atom stereocenters. The van der Waals surface area contributed by atoms with E-state index in [9.17, 15) is 14.3 Å². The molecule has 4 atom stereocenters. The van der Waals surface area contributed by atoms with Gasteiger partial charge in [0, 0.05) is 29.3 Å². The van der Waals surface area contributed by atoms with Crippen molar-refractivity contribution < 1.29 is 14.3 Å². The van der Waals surface area contributed by atoms with Crippen LogP contribution in [0.4, 0.5) is 4.39 Å². The number of H-pyrrole nitrogens is 2. The average Bonchev–Trinajstić information content (AvgIpc) is 3.43. The van der Waals surface area contributed by atoms with Gasteiger partial charge < -0.3 is 20.8 Å². The minimum absolute atomic E-state index is 0.0369. The standard InChI is InChI=1S/C22H21FN6O2/c23-13-8-14-15(10-27-20(14)26-9-13)19(24)29-21(16-2-1-7-25-16)28-18-12-5-3-11(4-6-12)17(18)22(30)31/h1-3,5,7-12,17-18,25H,4,6H2,(H,26,27)(H,30,31)(H2,24,28,29)/t11-,12+,17+,18+/m1/s1. The van der Waals surface area contributed by atoms with E-state index in [2.05, 4.69) is 26.0 Å². The van der Waals surface area contributed by atoms with Gasteiger partial charge in [-0.25, -0.2) is 14.4 Å². The van der Waals surface area contributed by atoms with Gasteiger partial charge >= 0.3 is 5.97 Å². The molecule has 2 bridgehead atoms. The van der Waals surface area contributed by atoms with Gasteiger partial charge in [0.1, 0.15) is 17.3 Å². The van der Waals surface area contributed by atoms with Crippen LogP contribution in [0.5, 0.6) is 0 Å². The fourth-order valence-corrected chi connectivity index (χ4v) is 4.60. The number of carbonyl (C=O) groups is 1. The minimum Gasteiger partial charge on any atom is -0.481 e. The van der Waals surface area contributed by atoms with Gasteiger partial charge in [0.2, 0.25) is 0 Å². The van der Waals surface area contributed by atoms with Crippen molar-refractivity contribution >= 4 is 28.7 Å². The fraction of sp³-hybridized carbons (Fsp3) is 0.273. The zero-order chi connectivity index (χ0) is 21.5. The minimum atomic E-state index is -0.853. The zero-order valence-corrected chi connectivity index (χ0v) is 16.5. The largest absolute Gasteiger partial charge is 0.481 e. The van der Waals surface area contributed by atoms with E-state index in [4.69, 9.17) is 10.7 Å². The first kappa shape index (κ1) is 19.2. The van der Waals surface area contributed by atoms with Gasteiger partial charge in [0.25, 0.3) is 0 Å². The number of aliphatic carboxylic acids is 1. The monoisotopic (exact) mass is 420 g/mol. The smallest absolute Gasteiger partial charge is 0.309 e. The maximum atomic E-state index is 13.7. The number of rotatable bonds is 4. The molecule has 1 saturated carbocycles. The number of nitrogens with two attached hydrogens (primary N) is 1. The number of aromatic nitrogens is 3. The second kappa shape index (κ2) is 7.50. The number of halogens is 1. The van der Waals surface area contributed by atoms with E-state index < -0.39 is 23.7 Å². The van der Waals surface area contributed by atoms with E-state index in [-0.39, 0.29) is 17.7 Å². The Morgan fingerprint density at radius 1 is 1.26 bits per heavy atom. The molecule has 0 aliphatic heterocycles. The van der Waals surface area contributed by atoms with E-state index in [1.54, 1.807) is 18.5 Å². The Kier molecular flexibility index (Phi) is 4.65. The Hall–Kier alpha value is -3.75. The summed E-state index contributed by atoms with van der Waals surface area (Å²) in [5, 5.41) is 10.3. The van der Waals surface area contributed by atoms with Crippen molar-refractivity contribution in [1.29, 1.82) is 0 Å². The molecule has 0 spiro atoms. The van der Waals surface area contributed by atoms with E-state index in [0.29, 0.717) is 28.1 Å². The topological polar surface area (TPSA) is 133 Å². The molecule has 3 aliphatic carbocycles. The molecule has 5 N–H and O–H groups in total. The van der Waals surface area contributed by atoms with Crippen LogP contribution in [0.1, 0.15) is 24.1 Å². The summed E-state index contributed by atoms with van der Waals surface area (Å²) in [5.41, 5.74) is 7.91. The van der Waals surface area contributed by atoms with Gasteiger partial charge in [-0.05, 0) is 37.0 Å². The van der Waals surface area contributed by atoms with Crippen molar-refractivity contribution in [3.8, 4) is 0 Å². The molecule has 158 valence electrons. The molecule has 8 nitrogen and oxygen atoms in total. The van der Waals surface area contributed by atoms with Crippen molar-refractivity contribution in [2.75, 3.05) is 0 Å². The van der Waals surface area contributed by atoms with E-state index in [1.165, 1.54) is 6.07 Å². The summed E-state index contributed by atoms with van der Waals surface area (Å²) in [6, 6.07) is 4.52. The molecule has 9 heteroatoms. The number of nitrogens with zero attached hydrogens (tertiary/aromatic N) is 3. The van der Waals surface area contributed by atoms with Crippen LogP contribution in [0.15, 0.2) is 58.9 Å². The number of hydrogen-bond donors (Lipinski definition) is 4. The zero-order valence-electron chi connectivity index (χ0n) is 16.5. The first-order valence-electron chi connectivity index (χ1n) is 10.1. The number of carboxylic acids is 1. The lowest BCUT2D eigenvalue weighted by Gasteiger charge is -2.40. The van der Waals surface area contributed by atoms with E-state index >= 15 is 0 Å². The quantitative estimate of drug-likeness (QED) is 0.293. The third-order valence-corrected chi connectivity index (χ3v) is 6.10. The first-order valence-corrected chi connectivity index (χ1v) is 10.1. The third kappa shape index (κ3) is 3.41. The summed E-state index contributed by atoms with van der Waals surface area (Å²) in [6.45, 7) is 0. The van der Waals surface area contributed by atoms with Crippen molar-refractivity contribution in [3.63, 3.8) is 0 Å². The highest BCUT2D eigenvalue weighted by molar-refractivity contribution is 6.15. The molecular formula is C22H21FN6O2. The van der Waals surface area contributed by atoms with Crippen LogP contribution >= 0.6 is 0 Å². The number of nitrogens with one attached hydrogen (secondary N) is 2. The van der Waals surface area contributed by atoms with Crippen molar-refractivity contribution in [3.05, 3.63) is 66.0 Å². The Bertz CT molecular complexity index is 1230. The number of carboxylic acid groups (broad SMARTS) is 1. The summed E-state index contributed by atoms with van der Waals surface area (Å²) in [6.07, 6.45) is 10.3. The highest BCUT2D eigenvalue weighted by atomic mass is 19.1. The molecular weight excluding hydrogens is 399 g/mol. The van der Waals surface area contributed by atoms with Gasteiger partial charge in [-0.1, -0.05) is 12.2 Å². The summed E-state index contributed by atoms with van der Waals surface area (Å²) in [7, 11) is 0. The Morgan fingerprint density at radius 2 is 2.06 bits per heavy atom. The summed E-state index contributed by atoms with van der Waals surface area (Å²) < 4.78 is 13.7. The fourth-order valence-electron chi connectivity index (χ4n) is 4.60. The molecule has 3 aromatic heterocycles. The normalized spacial score (nSPS) is 26.0. The average molecular weight is 420 g/mol. The van der Waals surface area contributed by atoms with Crippen LogP contribution in [0.25, 0.3) is 11.0 Å². The van der Waals surface area contributed by atoms with Gasteiger partial charge in [0.05, 0.1) is 23.9 Å². The number of aliphatic imine (C=N–C) groups is 2. The molecule has 0 amide bonds. The van der Waals surface area contributed by atoms with Gasteiger partial charge in [-0.2, -0.15) is 0 Å². The molecule has 1 fully saturated rings. The van der Waals surface area contributed by atoms with Crippen molar-refractivity contribution in [2.24, 2.45) is 33.5 Å². The maximum Gasteiger partial charge on any atom is 0.309 e. The summed E-state index contributed by atoms with van der Waals surface area (Å²) in [5.74, 6) is -1.48. The number of amidine groups is 2. The first-order chi connectivity index (χ1) is 15.0. The Balaban J connectivity index is 1.59. The van der Waals surface area contributed by atoms with Crippen molar-refractivity contribution in [1.82, 2.24) is 15.0 Å². The van der Waals surface area contributed by atoms with E-state index in [1.807, 2.05) is 12.1 Å². The van der Waals surface area contributed by atoms with Crippen LogP contribution in [0.3, 0.4) is 0 Å². The predicted molar refractivity (Wildman–Crippen MR) is 114 cm³/mol. The maximum absolute atomic E-state index is 13.7. The molecule has 3 aromatic rings. The van der Waals surface area contributed by atoms with Crippen LogP contribution < -0.4 is 5.73 Å². The number of aromatic amines is 2. The molecule has 0 radical (unpaired) electrons. The summed E-state index contributed by atoms with van der Waals surface area (Å²) in [4.78, 5) is 31.4. The molecule has 6 rings (SSSR count). The lowest BCUT2D eigenvalue weighted by Crippen LogP contribution is -2.44. The van der Waals surface area contributed by atoms with Gasteiger partial charge in [-0.15, -0.1) is 0 Å². The molecule has 31 heavy (non-hydrogen) atoms. The van der Waals surface area contributed by atoms with Gasteiger partial charge in [0.15, 0.2) is 5.84 Å². The SMILES string of the molecule is NC(=NC(=N[C@@H]1[C@@H](C(=O)O)[C@@H]2C=C[C@H]1CC2)c1ccc[nH]1)c1c[nH]c2ncc(F)cc12. The highest BCUT2D eigenvalue weighted by Crippen LogP contribution is 2.42. The van der Waals surface area contributed by atoms with Gasteiger partial charge in [-0.3, -0.25) is 9.79 Å². The molecule has 3 heterocycles. The number of pyridine rings is 1. The molecule has 3 aliphatic rings. The Morgan fingerprint density at radius 3 is 2.77 bits per heavy atom. The second-order valence-electron chi connectivity index (χ2n) is 7.93. The second-order valence-corrected chi connectivity index (χ2v) is 7.93. The lowest BCUT2D eigenvalue weighted by molar-refractivity contribution is -0.145. The highest BCUT2D eigenvalue weighted by Gasteiger charge is 2.45. The van der Waals surface area contributed by atoms with Crippen LogP contribution in [0, 0.1) is 23.6 Å². The van der Waals surface area contributed by atoms with E-state index in [0.717, 1.165) is 19.0 Å². The van der Waals surface area contributed by atoms with Crippen LogP contribution in [0.2, 0.25) is 0 Å². The summed E-state index contributed by atoms with van der Waals surface area (Å²) >= 11 is 0. The Labute approximate surface area is 176 Å². The van der Waals surface area contributed by atoms with Crippen molar-refractivity contribution in [2.45, 2.75) is 18.9 Å². The molecule has 0 aromatic carbocycles. The predicted octanol–water partition coefficient (Wildman–Crippen LogP) is 2.85.